The lowest BCUT2D eigenvalue weighted by Gasteiger charge is -2.20. The third kappa shape index (κ3) is 8.56. The Kier molecular flexibility index (Phi) is 10.4. The predicted molar refractivity (Wildman–Crippen MR) is 142 cm³/mol. The molecule has 37 heavy (non-hydrogen) atoms. The van der Waals surface area contributed by atoms with Crippen LogP contribution in [0.2, 0.25) is 0 Å². The van der Waals surface area contributed by atoms with Crippen LogP contribution in [-0.4, -0.2) is 41.7 Å². The maximum Gasteiger partial charge on any atom is 0.341 e. The van der Waals surface area contributed by atoms with Gasteiger partial charge in [0.1, 0.15) is 6.04 Å². The number of nitrogens with two attached hydrogens (primary N) is 1. The summed E-state index contributed by atoms with van der Waals surface area (Å²) in [4.78, 5) is 36.6. The van der Waals surface area contributed by atoms with Crippen LogP contribution in [0.5, 0.6) is 0 Å². The fourth-order valence-corrected chi connectivity index (χ4v) is 3.67. The van der Waals surface area contributed by atoms with Gasteiger partial charge in [-0.05, 0) is 47.2 Å². The molecule has 8 nitrogen and oxygen atoms in total. The Morgan fingerprint density at radius 3 is 2.08 bits per heavy atom. The normalized spacial score (nSPS) is 12.4. The molecule has 5 N–H and O–H groups in total. The summed E-state index contributed by atoms with van der Waals surface area (Å²) in [6.45, 7) is 2.22. The standard InChI is InChI=1S/C29H33N3O5/c1-2-3-7-20-10-12-22(13-11-20)23-14-16-24(17-15-23)27(33)31-25(28(34)32-26(30)29(35)36)19-37-18-21-8-5-4-6-9-21/h4-6,8-17,25-26H,2-3,7,18-19,30H2,1H3,(H,31,33)(H,32,34)(H,35,36)/t25-,26+/m1/s1. The van der Waals surface area contributed by atoms with Gasteiger partial charge in [0.2, 0.25) is 5.91 Å². The van der Waals surface area contributed by atoms with Crippen LogP contribution in [0.1, 0.15) is 41.3 Å². The van der Waals surface area contributed by atoms with Crippen LogP contribution < -0.4 is 16.4 Å². The highest BCUT2D eigenvalue weighted by molar-refractivity contribution is 5.98. The lowest BCUT2D eigenvalue weighted by molar-refractivity contribution is -0.142. The third-order valence-corrected chi connectivity index (χ3v) is 5.84. The molecule has 0 fully saturated rings. The number of rotatable bonds is 13. The number of unbranched alkanes of at least 4 members (excludes halogenated alkanes) is 1. The summed E-state index contributed by atoms with van der Waals surface area (Å²) in [6, 6.07) is 23.6. The Labute approximate surface area is 216 Å². The summed E-state index contributed by atoms with van der Waals surface area (Å²) in [7, 11) is 0. The molecule has 3 rings (SSSR count). The van der Waals surface area contributed by atoms with E-state index in [-0.39, 0.29) is 13.2 Å². The Morgan fingerprint density at radius 1 is 0.865 bits per heavy atom. The second-order valence-electron chi connectivity index (χ2n) is 8.73. The second-order valence-corrected chi connectivity index (χ2v) is 8.73. The van der Waals surface area contributed by atoms with Crippen molar-refractivity contribution in [2.45, 2.75) is 45.0 Å². The molecule has 0 saturated heterocycles. The quantitative estimate of drug-likeness (QED) is 0.264. The molecule has 0 aliphatic rings. The van der Waals surface area contributed by atoms with Gasteiger partial charge in [0.05, 0.1) is 13.2 Å². The van der Waals surface area contributed by atoms with E-state index in [1.807, 2.05) is 42.5 Å². The van der Waals surface area contributed by atoms with E-state index in [0.717, 1.165) is 36.0 Å². The first-order chi connectivity index (χ1) is 17.9. The van der Waals surface area contributed by atoms with Gasteiger partial charge in [-0.1, -0.05) is 80.1 Å². The van der Waals surface area contributed by atoms with Crippen LogP contribution >= 0.6 is 0 Å². The fourth-order valence-electron chi connectivity index (χ4n) is 3.67. The molecule has 2 amide bonds. The highest BCUT2D eigenvalue weighted by Gasteiger charge is 2.25. The van der Waals surface area contributed by atoms with Gasteiger partial charge in [0, 0.05) is 5.56 Å². The van der Waals surface area contributed by atoms with Crippen LogP contribution in [0.4, 0.5) is 0 Å². The molecule has 2 atom stereocenters. The van der Waals surface area contributed by atoms with Crippen molar-refractivity contribution in [1.82, 2.24) is 10.6 Å². The van der Waals surface area contributed by atoms with Crippen molar-refractivity contribution in [2.24, 2.45) is 5.73 Å². The van der Waals surface area contributed by atoms with E-state index in [9.17, 15) is 14.4 Å². The maximum absolute atomic E-state index is 12.9. The van der Waals surface area contributed by atoms with E-state index < -0.39 is 30.0 Å². The minimum atomic E-state index is -1.60. The number of carboxylic acid groups (broad SMARTS) is 1. The predicted octanol–water partition coefficient (Wildman–Crippen LogP) is 3.50. The van der Waals surface area contributed by atoms with Crippen molar-refractivity contribution in [3.05, 3.63) is 95.6 Å². The molecule has 0 saturated carbocycles. The molecule has 8 heteroatoms. The maximum atomic E-state index is 12.9. The number of hydrogen-bond donors (Lipinski definition) is 4. The molecule has 0 spiro atoms. The van der Waals surface area contributed by atoms with Crippen molar-refractivity contribution in [3.63, 3.8) is 0 Å². The van der Waals surface area contributed by atoms with E-state index in [2.05, 4.69) is 41.8 Å². The third-order valence-electron chi connectivity index (χ3n) is 5.84. The van der Waals surface area contributed by atoms with Gasteiger partial charge >= 0.3 is 5.97 Å². The van der Waals surface area contributed by atoms with Gasteiger partial charge in [0.15, 0.2) is 6.17 Å². The van der Waals surface area contributed by atoms with Gasteiger partial charge < -0.3 is 26.2 Å². The topological polar surface area (TPSA) is 131 Å². The van der Waals surface area contributed by atoms with E-state index >= 15 is 0 Å². The second kappa shape index (κ2) is 13.9. The molecule has 0 bridgehead atoms. The Bertz CT molecular complexity index is 1160. The van der Waals surface area contributed by atoms with Crippen molar-refractivity contribution in [2.75, 3.05) is 6.61 Å². The van der Waals surface area contributed by atoms with Gasteiger partial charge in [-0.25, -0.2) is 4.79 Å². The number of carbonyl (C=O) groups is 3. The molecular formula is C29H33N3O5. The average molecular weight is 504 g/mol. The van der Waals surface area contributed by atoms with E-state index in [0.29, 0.717) is 5.56 Å². The van der Waals surface area contributed by atoms with Crippen LogP contribution in [0.25, 0.3) is 11.1 Å². The summed E-state index contributed by atoms with van der Waals surface area (Å²) in [6.07, 6.45) is 1.76. The van der Waals surface area contributed by atoms with E-state index in [1.165, 1.54) is 5.56 Å². The highest BCUT2D eigenvalue weighted by atomic mass is 16.5. The number of hydrogen-bond acceptors (Lipinski definition) is 5. The molecule has 0 heterocycles. The number of aliphatic carboxylic acids is 1. The number of amides is 2. The van der Waals surface area contributed by atoms with Crippen LogP contribution in [0.3, 0.4) is 0 Å². The highest BCUT2D eigenvalue weighted by Crippen LogP contribution is 2.21. The zero-order valence-electron chi connectivity index (χ0n) is 20.9. The molecule has 3 aromatic carbocycles. The number of aryl methyl sites for hydroxylation is 1. The van der Waals surface area contributed by atoms with Crippen molar-refractivity contribution in [1.29, 1.82) is 0 Å². The smallest absolute Gasteiger partial charge is 0.341 e. The fraction of sp³-hybridized carbons (Fsp3) is 0.276. The van der Waals surface area contributed by atoms with Crippen molar-refractivity contribution >= 4 is 17.8 Å². The molecule has 194 valence electrons. The minimum absolute atomic E-state index is 0.165. The number of carbonyl (C=O) groups excluding carboxylic acids is 2. The first-order valence-electron chi connectivity index (χ1n) is 12.3. The number of carboxylic acids is 1. The minimum Gasteiger partial charge on any atom is -0.479 e. The molecule has 0 radical (unpaired) electrons. The van der Waals surface area contributed by atoms with Crippen molar-refractivity contribution < 1.29 is 24.2 Å². The number of nitrogens with one attached hydrogen (secondary N) is 2. The van der Waals surface area contributed by atoms with Crippen LogP contribution in [0, 0.1) is 0 Å². The van der Waals surface area contributed by atoms with Crippen molar-refractivity contribution in [3.8, 4) is 11.1 Å². The van der Waals surface area contributed by atoms with Gasteiger partial charge in [-0.15, -0.1) is 0 Å². The van der Waals surface area contributed by atoms with Gasteiger partial charge in [-0.2, -0.15) is 0 Å². The summed E-state index contributed by atoms with van der Waals surface area (Å²) < 4.78 is 5.63. The van der Waals surface area contributed by atoms with Crippen LogP contribution in [0.15, 0.2) is 78.9 Å². The van der Waals surface area contributed by atoms with Crippen LogP contribution in [-0.2, 0) is 27.4 Å². The number of benzene rings is 3. The average Bonchev–Trinajstić information content (AvgIpc) is 2.92. The summed E-state index contributed by atoms with van der Waals surface area (Å²) in [5, 5.41) is 13.8. The molecule has 0 unspecified atom stereocenters. The van der Waals surface area contributed by atoms with Gasteiger partial charge in [-0.3, -0.25) is 9.59 Å². The Hall–Kier alpha value is -4.01. The summed E-state index contributed by atoms with van der Waals surface area (Å²) in [5.74, 6) is -2.64. The molecule has 0 aromatic heterocycles. The summed E-state index contributed by atoms with van der Waals surface area (Å²) in [5.41, 5.74) is 9.98. The Balaban J connectivity index is 1.65. The van der Waals surface area contributed by atoms with E-state index in [1.54, 1.807) is 12.1 Å². The first kappa shape index (κ1) is 27.6. The monoisotopic (exact) mass is 503 g/mol. The molecular weight excluding hydrogens is 470 g/mol. The Morgan fingerprint density at radius 2 is 1.49 bits per heavy atom. The SMILES string of the molecule is CCCCc1ccc(-c2ccc(C(=O)N[C@H](COCc3ccccc3)C(=O)N[C@H](N)C(=O)O)cc2)cc1. The first-order valence-corrected chi connectivity index (χ1v) is 12.3. The molecule has 3 aromatic rings. The molecule has 0 aliphatic heterocycles. The number of ether oxygens (including phenoxy) is 1. The van der Waals surface area contributed by atoms with E-state index in [4.69, 9.17) is 15.6 Å². The molecule has 0 aliphatic carbocycles. The largest absolute Gasteiger partial charge is 0.479 e. The lowest BCUT2D eigenvalue weighted by atomic mass is 10.0. The zero-order valence-corrected chi connectivity index (χ0v) is 20.9. The lowest BCUT2D eigenvalue weighted by Crippen LogP contribution is -2.56. The zero-order chi connectivity index (χ0) is 26.6. The summed E-state index contributed by atoms with van der Waals surface area (Å²) >= 11 is 0. The van der Waals surface area contributed by atoms with Gasteiger partial charge in [0.25, 0.3) is 5.91 Å².